The Kier molecular flexibility index (Phi) is 3.30. The second-order valence-corrected chi connectivity index (χ2v) is 6.30. The highest BCUT2D eigenvalue weighted by molar-refractivity contribution is 5.03. The van der Waals surface area contributed by atoms with Gasteiger partial charge in [0.2, 0.25) is 0 Å². The summed E-state index contributed by atoms with van der Waals surface area (Å²) in [4.78, 5) is 5.14. The molecule has 16 heavy (non-hydrogen) atoms. The van der Waals surface area contributed by atoms with E-state index < -0.39 is 0 Å². The predicted molar refractivity (Wildman–Crippen MR) is 68.5 cm³/mol. The maximum Gasteiger partial charge on any atom is 0.0361 e. The lowest BCUT2D eigenvalue weighted by atomic mass is 9.83. The van der Waals surface area contributed by atoms with Gasteiger partial charge in [0.15, 0.2) is 0 Å². The molecule has 2 aliphatic rings. The summed E-state index contributed by atoms with van der Waals surface area (Å²) >= 11 is 0. The van der Waals surface area contributed by atoms with Gasteiger partial charge in [-0.15, -0.1) is 0 Å². The Labute approximate surface area is 100.0 Å². The van der Waals surface area contributed by atoms with Crippen molar-refractivity contribution in [3.8, 4) is 0 Å². The highest BCUT2D eigenvalue weighted by Gasteiger charge is 2.46. The normalized spacial score (nSPS) is 30.8. The van der Waals surface area contributed by atoms with Crippen molar-refractivity contribution in [1.82, 2.24) is 9.80 Å². The highest BCUT2D eigenvalue weighted by Crippen LogP contribution is 2.39. The average Bonchev–Trinajstić information content (AvgIpc) is 2.61. The maximum atomic E-state index is 6.12. The van der Waals surface area contributed by atoms with E-state index in [9.17, 15) is 0 Å². The van der Waals surface area contributed by atoms with Gasteiger partial charge in [0.05, 0.1) is 0 Å². The van der Waals surface area contributed by atoms with Crippen LogP contribution in [0.5, 0.6) is 0 Å². The lowest BCUT2D eigenvalue weighted by Gasteiger charge is -2.51. The Hall–Kier alpha value is -0.120. The van der Waals surface area contributed by atoms with E-state index in [1.54, 1.807) is 0 Å². The van der Waals surface area contributed by atoms with Gasteiger partial charge < -0.3 is 10.6 Å². The van der Waals surface area contributed by atoms with Crippen LogP contribution in [-0.4, -0.2) is 54.1 Å². The molecule has 0 unspecified atom stereocenters. The van der Waals surface area contributed by atoms with Crippen LogP contribution in [0, 0.1) is 0 Å². The van der Waals surface area contributed by atoms with Crippen LogP contribution in [0.25, 0.3) is 0 Å². The molecule has 3 nitrogen and oxygen atoms in total. The van der Waals surface area contributed by atoms with Gasteiger partial charge in [0.1, 0.15) is 0 Å². The molecule has 2 fully saturated rings. The SMILES string of the molecule is CN1CCC(CN)(N2CCCC2(C)C)CC1. The molecular weight excluding hydrogens is 198 g/mol. The molecule has 0 aromatic rings. The van der Waals surface area contributed by atoms with Crippen molar-refractivity contribution >= 4 is 0 Å². The van der Waals surface area contributed by atoms with Crippen LogP contribution in [0.4, 0.5) is 0 Å². The lowest BCUT2D eigenvalue weighted by molar-refractivity contribution is -0.00740. The smallest absolute Gasteiger partial charge is 0.0361 e. The van der Waals surface area contributed by atoms with Crippen molar-refractivity contribution in [3.63, 3.8) is 0 Å². The van der Waals surface area contributed by atoms with Crippen molar-refractivity contribution in [2.75, 3.05) is 33.2 Å². The number of nitrogens with two attached hydrogens (primary N) is 1. The lowest BCUT2D eigenvalue weighted by Crippen LogP contribution is -2.62. The minimum Gasteiger partial charge on any atom is -0.329 e. The van der Waals surface area contributed by atoms with Gasteiger partial charge >= 0.3 is 0 Å². The summed E-state index contributed by atoms with van der Waals surface area (Å²) in [6, 6.07) is 0. The van der Waals surface area contributed by atoms with Crippen LogP contribution < -0.4 is 5.73 Å². The van der Waals surface area contributed by atoms with E-state index in [2.05, 4.69) is 30.7 Å². The summed E-state index contributed by atoms with van der Waals surface area (Å²) in [5, 5.41) is 0. The van der Waals surface area contributed by atoms with E-state index in [0.717, 1.165) is 6.54 Å². The molecule has 0 saturated carbocycles. The fourth-order valence-corrected chi connectivity index (χ4v) is 3.61. The van der Waals surface area contributed by atoms with Crippen LogP contribution in [-0.2, 0) is 0 Å². The quantitative estimate of drug-likeness (QED) is 0.768. The van der Waals surface area contributed by atoms with E-state index in [0.29, 0.717) is 5.54 Å². The second kappa shape index (κ2) is 4.28. The number of hydrogen-bond acceptors (Lipinski definition) is 3. The third kappa shape index (κ3) is 2.01. The Morgan fingerprint density at radius 1 is 1.06 bits per heavy atom. The monoisotopic (exact) mass is 225 g/mol. The van der Waals surface area contributed by atoms with E-state index in [1.807, 2.05) is 0 Å². The minimum absolute atomic E-state index is 0.284. The van der Waals surface area contributed by atoms with Gasteiger partial charge in [-0.25, -0.2) is 0 Å². The number of likely N-dealkylation sites (tertiary alicyclic amines) is 2. The summed E-state index contributed by atoms with van der Waals surface area (Å²) < 4.78 is 0. The molecule has 0 aliphatic carbocycles. The standard InChI is InChI=1S/C13H27N3/c1-12(2)5-4-8-16(12)13(11-14)6-9-15(3)10-7-13/h4-11,14H2,1-3H3. The summed E-state index contributed by atoms with van der Waals surface area (Å²) in [6.07, 6.45) is 5.14. The molecule has 2 aliphatic heterocycles. The first-order valence-electron chi connectivity index (χ1n) is 6.67. The molecule has 0 aromatic carbocycles. The molecule has 0 atom stereocenters. The third-order valence-electron chi connectivity index (χ3n) is 4.77. The first-order valence-corrected chi connectivity index (χ1v) is 6.67. The predicted octanol–water partition coefficient (Wildman–Crippen LogP) is 1.28. The highest BCUT2D eigenvalue weighted by atomic mass is 15.3. The summed E-state index contributed by atoms with van der Waals surface area (Å²) in [5.41, 5.74) is 6.77. The van der Waals surface area contributed by atoms with Gasteiger partial charge in [0.25, 0.3) is 0 Å². The molecule has 0 radical (unpaired) electrons. The Balaban J connectivity index is 2.15. The molecule has 0 amide bonds. The van der Waals surface area contributed by atoms with Crippen LogP contribution in [0.2, 0.25) is 0 Å². The second-order valence-electron chi connectivity index (χ2n) is 6.30. The largest absolute Gasteiger partial charge is 0.329 e. The number of rotatable bonds is 2. The minimum atomic E-state index is 0.284. The van der Waals surface area contributed by atoms with Crippen molar-refractivity contribution in [2.45, 2.75) is 50.6 Å². The molecule has 0 aromatic heterocycles. The van der Waals surface area contributed by atoms with Crippen molar-refractivity contribution in [3.05, 3.63) is 0 Å². The molecule has 2 saturated heterocycles. The van der Waals surface area contributed by atoms with Crippen molar-refractivity contribution in [1.29, 1.82) is 0 Å². The van der Waals surface area contributed by atoms with E-state index in [4.69, 9.17) is 5.73 Å². The van der Waals surface area contributed by atoms with E-state index in [-0.39, 0.29) is 5.54 Å². The zero-order chi connectivity index (χ0) is 11.8. The molecule has 0 bridgehead atoms. The van der Waals surface area contributed by atoms with E-state index >= 15 is 0 Å². The first kappa shape index (κ1) is 12.3. The molecule has 3 heteroatoms. The number of hydrogen-bond donors (Lipinski definition) is 1. The average molecular weight is 225 g/mol. The summed E-state index contributed by atoms with van der Waals surface area (Å²) in [7, 11) is 2.22. The Morgan fingerprint density at radius 3 is 2.12 bits per heavy atom. The van der Waals surface area contributed by atoms with E-state index in [1.165, 1.54) is 45.3 Å². The van der Waals surface area contributed by atoms with Crippen LogP contribution in [0.1, 0.15) is 39.5 Å². The van der Waals surface area contributed by atoms with Crippen molar-refractivity contribution < 1.29 is 0 Å². The molecule has 0 spiro atoms. The van der Waals surface area contributed by atoms with Gasteiger partial charge in [-0.05, 0) is 66.2 Å². The number of piperidine rings is 1. The molecular formula is C13H27N3. The zero-order valence-corrected chi connectivity index (χ0v) is 11.1. The van der Waals surface area contributed by atoms with Crippen LogP contribution in [0.15, 0.2) is 0 Å². The summed E-state index contributed by atoms with van der Waals surface area (Å²) in [5.74, 6) is 0. The van der Waals surface area contributed by atoms with Gasteiger partial charge in [-0.1, -0.05) is 0 Å². The zero-order valence-electron chi connectivity index (χ0n) is 11.1. The Bertz CT molecular complexity index is 242. The van der Waals surface area contributed by atoms with Crippen LogP contribution >= 0.6 is 0 Å². The molecule has 2 N–H and O–H groups in total. The van der Waals surface area contributed by atoms with Crippen LogP contribution in [0.3, 0.4) is 0 Å². The fourth-order valence-electron chi connectivity index (χ4n) is 3.61. The topological polar surface area (TPSA) is 32.5 Å². The van der Waals surface area contributed by atoms with Gasteiger partial charge in [-0.2, -0.15) is 0 Å². The molecule has 2 heterocycles. The van der Waals surface area contributed by atoms with Gasteiger partial charge in [-0.3, -0.25) is 4.90 Å². The maximum absolute atomic E-state index is 6.12. The fraction of sp³-hybridized carbons (Fsp3) is 1.00. The third-order valence-corrected chi connectivity index (χ3v) is 4.77. The first-order chi connectivity index (χ1) is 7.50. The molecule has 2 rings (SSSR count). The van der Waals surface area contributed by atoms with Gasteiger partial charge in [0, 0.05) is 17.6 Å². The van der Waals surface area contributed by atoms with Crippen molar-refractivity contribution in [2.24, 2.45) is 5.73 Å². The summed E-state index contributed by atoms with van der Waals surface area (Å²) in [6.45, 7) is 9.23. The Morgan fingerprint density at radius 2 is 1.69 bits per heavy atom. The number of nitrogens with zero attached hydrogens (tertiary/aromatic N) is 2. The molecule has 94 valence electrons.